The zero-order valence-electron chi connectivity index (χ0n) is 14.1. The van der Waals surface area contributed by atoms with Crippen LogP contribution in [0.15, 0.2) is 24.4 Å². The molecule has 130 valence electrons. The second-order valence-electron chi connectivity index (χ2n) is 5.18. The summed E-state index contributed by atoms with van der Waals surface area (Å²) in [6.45, 7) is 7.29. The summed E-state index contributed by atoms with van der Waals surface area (Å²) in [5, 5.41) is 7.57. The lowest BCUT2D eigenvalue weighted by molar-refractivity contribution is -0.122. The van der Waals surface area contributed by atoms with Crippen molar-refractivity contribution in [3.63, 3.8) is 0 Å². The van der Waals surface area contributed by atoms with Gasteiger partial charge in [0, 0.05) is 12.7 Å². The predicted octanol–water partition coefficient (Wildman–Crippen LogP) is 2.96. The average Bonchev–Trinajstić information content (AvgIpc) is 2.85. The van der Waals surface area contributed by atoms with Gasteiger partial charge in [-0.3, -0.25) is 9.48 Å². The second kappa shape index (κ2) is 8.59. The summed E-state index contributed by atoms with van der Waals surface area (Å²) >= 11 is 5.93. The molecule has 0 aliphatic carbocycles. The molecular formula is C17H22ClN3O3. The fourth-order valence-electron chi connectivity index (χ4n) is 2.18. The zero-order valence-corrected chi connectivity index (χ0v) is 14.9. The van der Waals surface area contributed by atoms with Crippen molar-refractivity contribution in [3.05, 3.63) is 40.7 Å². The molecule has 0 aliphatic heterocycles. The topological polar surface area (TPSA) is 65.4 Å². The van der Waals surface area contributed by atoms with E-state index in [4.69, 9.17) is 21.1 Å². The van der Waals surface area contributed by atoms with E-state index in [2.05, 4.69) is 10.4 Å². The molecule has 1 amide bonds. The van der Waals surface area contributed by atoms with Crippen LogP contribution in [0, 0.1) is 6.92 Å². The average molecular weight is 352 g/mol. The van der Waals surface area contributed by atoms with Gasteiger partial charge in [-0.2, -0.15) is 5.10 Å². The van der Waals surface area contributed by atoms with Crippen LogP contribution in [-0.4, -0.2) is 28.9 Å². The lowest BCUT2D eigenvalue weighted by Crippen LogP contribution is -2.27. The number of rotatable bonds is 8. The maximum absolute atomic E-state index is 12.0. The van der Waals surface area contributed by atoms with Crippen molar-refractivity contribution in [1.29, 1.82) is 0 Å². The monoisotopic (exact) mass is 351 g/mol. The number of benzene rings is 1. The van der Waals surface area contributed by atoms with E-state index in [0.29, 0.717) is 42.0 Å². The Morgan fingerprint density at radius 3 is 2.58 bits per heavy atom. The molecular weight excluding hydrogens is 330 g/mol. The van der Waals surface area contributed by atoms with Gasteiger partial charge in [-0.25, -0.2) is 0 Å². The molecule has 0 atom stereocenters. The number of nitrogens with zero attached hydrogens (tertiary/aromatic N) is 2. The van der Waals surface area contributed by atoms with Crippen LogP contribution in [0.25, 0.3) is 0 Å². The van der Waals surface area contributed by atoms with Gasteiger partial charge in [0.2, 0.25) is 5.91 Å². The third-order valence-corrected chi connectivity index (χ3v) is 3.66. The van der Waals surface area contributed by atoms with Crippen LogP contribution < -0.4 is 14.8 Å². The minimum absolute atomic E-state index is 0.128. The van der Waals surface area contributed by atoms with Gasteiger partial charge in [0.1, 0.15) is 6.54 Å². The molecule has 0 unspecified atom stereocenters. The van der Waals surface area contributed by atoms with Crippen LogP contribution in [0.3, 0.4) is 0 Å². The highest BCUT2D eigenvalue weighted by Crippen LogP contribution is 2.28. The van der Waals surface area contributed by atoms with Crippen LogP contribution >= 0.6 is 11.6 Å². The number of halogens is 1. The number of aromatic nitrogens is 2. The SMILES string of the molecule is CCOc1ccc(CNC(=O)Cn2cc(Cl)c(C)n2)cc1OCC. The Kier molecular flexibility index (Phi) is 6.49. The first-order valence-electron chi connectivity index (χ1n) is 7.88. The Morgan fingerprint density at radius 1 is 1.25 bits per heavy atom. The van der Waals surface area contributed by atoms with Gasteiger partial charge in [-0.1, -0.05) is 17.7 Å². The van der Waals surface area contributed by atoms with E-state index in [1.807, 2.05) is 32.0 Å². The number of ether oxygens (including phenoxy) is 2. The first kappa shape index (κ1) is 18.1. The van der Waals surface area contributed by atoms with E-state index < -0.39 is 0 Å². The minimum atomic E-state index is -0.138. The lowest BCUT2D eigenvalue weighted by Gasteiger charge is -2.13. The number of carbonyl (C=O) groups is 1. The van der Waals surface area contributed by atoms with Gasteiger partial charge in [0.05, 0.1) is 23.9 Å². The van der Waals surface area contributed by atoms with Crippen molar-refractivity contribution < 1.29 is 14.3 Å². The number of hydrogen-bond donors (Lipinski definition) is 1. The van der Waals surface area contributed by atoms with Gasteiger partial charge in [0.25, 0.3) is 0 Å². The molecule has 1 aromatic heterocycles. The van der Waals surface area contributed by atoms with Gasteiger partial charge < -0.3 is 14.8 Å². The number of nitrogens with one attached hydrogen (secondary N) is 1. The summed E-state index contributed by atoms with van der Waals surface area (Å²) in [6, 6.07) is 5.64. The first-order chi connectivity index (χ1) is 11.5. The van der Waals surface area contributed by atoms with Crippen LogP contribution in [-0.2, 0) is 17.9 Å². The van der Waals surface area contributed by atoms with Crippen molar-refractivity contribution >= 4 is 17.5 Å². The third-order valence-electron chi connectivity index (χ3n) is 3.29. The van der Waals surface area contributed by atoms with Crippen LogP contribution in [0.4, 0.5) is 0 Å². The molecule has 0 saturated heterocycles. The molecule has 24 heavy (non-hydrogen) atoms. The fourth-order valence-corrected chi connectivity index (χ4v) is 2.33. The van der Waals surface area contributed by atoms with Gasteiger partial charge in [-0.15, -0.1) is 0 Å². The normalized spacial score (nSPS) is 10.5. The van der Waals surface area contributed by atoms with E-state index in [1.54, 1.807) is 13.1 Å². The van der Waals surface area contributed by atoms with Gasteiger partial charge >= 0.3 is 0 Å². The van der Waals surface area contributed by atoms with Crippen LogP contribution in [0.1, 0.15) is 25.1 Å². The molecule has 1 aromatic carbocycles. The summed E-state index contributed by atoms with van der Waals surface area (Å²) in [4.78, 5) is 12.0. The Morgan fingerprint density at radius 2 is 1.96 bits per heavy atom. The third kappa shape index (κ3) is 4.89. The highest BCUT2D eigenvalue weighted by Gasteiger charge is 2.09. The highest BCUT2D eigenvalue weighted by atomic mass is 35.5. The molecule has 2 rings (SSSR count). The van der Waals surface area contributed by atoms with E-state index >= 15 is 0 Å². The summed E-state index contributed by atoms with van der Waals surface area (Å²) in [6.07, 6.45) is 1.64. The molecule has 0 saturated carbocycles. The molecule has 2 aromatic rings. The van der Waals surface area contributed by atoms with Crippen LogP contribution in [0.5, 0.6) is 11.5 Å². The van der Waals surface area contributed by atoms with Gasteiger partial charge in [0.15, 0.2) is 11.5 Å². The summed E-state index contributed by atoms with van der Waals surface area (Å²) in [7, 11) is 0. The fraction of sp³-hybridized carbons (Fsp3) is 0.412. The van der Waals surface area contributed by atoms with Crippen molar-refractivity contribution in [2.75, 3.05) is 13.2 Å². The molecule has 0 spiro atoms. The standard InChI is InChI=1S/C17H22ClN3O3/c1-4-23-15-7-6-13(8-16(15)24-5-2)9-19-17(22)11-21-10-14(18)12(3)20-21/h6-8,10H,4-5,9,11H2,1-3H3,(H,19,22). The number of amides is 1. The Hall–Kier alpha value is -2.21. The van der Waals surface area contributed by atoms with Crippen molar-refractivity contribution in [2.24, 2.45) is 0 Å². The van der Waals surface area contributed by atoms with E-state index in [9.17, 15) is 4.79 Å². The lowest BCUT2D eigenvalue weighted by atomic mass is 10.2. The maximum Gasteiger partial charge on any atom is 0.241 e. The molecule has 0 aliphatic rings. The predicted molar refractivity (Wildman–Crippen MR) is 92.6 cm³/mol. The quantitative estimate of drug-likeness (QED) is 0.794. The van der Waals surface area contributed by atoms with E-state index in [0.717, 1.165) is 5.56 Å². The van der Waals surface area contributed by atoms with E-state index in [-0.39, 0.29) is 12.5 Å². The highest BCUT2D eigenvalue weighted by molar-refractivity contribution is 6.31. The van der Waals surface area contributed by atoms with E-state index in [1.165, 1.54) is 4.68 Å². The first-order valence-corrected chi connectivity index (χ1v) is 8.26. The molecule has 6 nitrogen and oxygen atoms in total. The van der Waals surface area contributed by atoms with Crippen molar-refractivity contribution in [3.8, 4) is 11.5 Å². The number of aryl methyl sites for hydroxylation is 1. The summed E-state index contributed by atoms with van der Waals surface area (Å²) < 4.78 is 12.6. The Labute approximate surface area is 146 Å². The molecule has 0 radical (unpaired) electrons. The second-order valence-corrected chi connectivity index (χ2v) is 5.59. The van der Waals surface area contributed by atoms with Gasteiger partial charge in [-0.05, 0) is 38.5 Å². The minimum Gasteiger partial charge on any atom is -0.490 e. The molecule has 1 heterocycles. The number of hydrogen-bond acceptors (Lipinski definition) is 4. The molecule has 0 bridgehead atoms. The largest absolute Gasteiger partial charge is 0.490 e. The molecule has 7 heteroatoms. The maximum atomic E-state index is 12.0. The number of carbonyl (C=O) groups excluding carboxylic acids is 1. The molecule has 0 fully saturated rings. The smallest absolute Gasteiger partial charge is 0.241 e. The Bertz CT molecular complexity index is 681. The summed E-state index contributed by atoms with van der Waals surface area (Å²) in [5.74, 6) is 1.25. The van der Waals surface area contributed by atoms with Crippen molar-refractivity contribution in [2.45, 2.75) is 33.9 Å². The van der Waals surface area contributed by atoms with Crippen LogP contribution in [0.2, 0.25) is 5.02 Å². The van der Waals surface area contributed by atoms with Crippen molar-refractivity contribution in [1.82, 2.24) is 15.1 Å². The summed E-state index contributed by atoms with van der Waals surface area (Å²) in [5.41, 5.74) is 1.64. The zero-order chi connectivity index (χ0) is 17.5. The Balaban J connectivity index is 1.95. The molecule has 1 N–H and O–H groups in total.